The molecule has 0 saturated carbocycles. The Kier molecular flexibility index (Phi) is 3.98. The summed E-state index contributed by atoms with van der Waals surface area (Å²) in [5, 5.41) is 20.3. The maximum atomic E-state index is 10.8. The van der Waals surface area contributed by atoms with Crippen molar-refractivity contribution in [2.24, 2.45) is 5.92 Å². The largest absolute Gasteiger partial charge is 0.507 e. The van der Waals surface area contributed by atoms with Crippen LogP contribution in [0, 0.1) is 5.92 Å². The molecule has 0 amide bonds. The van der Waals surface area contributed by atoms with Gasteiger partial charge in [-0.2, -0.15) is 0 Å². The van der Waals surface area contributed by atoms with Crippen LogP contribution in [-0.4, -0.2) is 16.5 Å². The fourth-order valence-electron chi connectivity index (χ4n) is 2.96. The molecule has 2 atom stereocenters. The maximum Gasteiger partial charge on any atom is 0.150 e. The van der Waals surface area contributed by atoms with Gasteiger partial charge in [-0.15, -0.1) is 0 Å². The van der Waals surface area contributed by atoms with E-state index in [1.807, 2.05) is 6.92 Å². The SMILES string of the molecule is C=C(C)[C@@H]1CCC(C)=C[C@H]1c1c(O)cc(C=O)cc1O. The number of aldehydes is 1. The summed E-state index contributed by atoms with van der Waals surface area (Å²) in [7, 11) is 0. The Labute approximate surface area is 119 Å². The molecule has 106 valence electrons. The third-order valence-corrected chi connectivity index (χ3v) is 4.01. The van der Waals surface area contributed by atoms with Crippen molar-refractivity contribution >= 4 is 6.29 Å². The van der Waals surface area contributed by atoms with Gasteiger partial charge in [0.15, 0.2) is 0 Å². The van der Waals surface area contributed by atoms with Crippen molar-refractivity contribution in [3.05, 3.63) is 47.1 Å². The van der Waals surface area contributed by atoms with Crippen LogP contribution in [0.4, 0.5) is 0 Å². The molecule has 2 rings (SSSR count). The number of allylic oxidation sites excluding steroid dienone is 3. The topological polar surface area (TPSA) is 57.5 Å². The summed E-state index contributed by atoms with van der Waals surface area (Å²) in [6.07, 6.45) is 4.65. The molecule has 0 heterocycles. The van der Waals surface area contributed by atoms with Crippen molar-refractivity contribution in [2.75, 3.05) is 0 Å². The van der Waals surface area contributed by atoms with E-state index in [-0.39, 0.29) is 28.9 Å². The summed E-state index contributed by atoms with van der Waals surface area (Å²) in [5.74, 6) is 0.0307. The van der Waals surface area contributed by atoms with Crippen molar-refractivity contribution < 1.29 is 15.0 Å². The molecule has 0 aromatic heterocycles. The van der Waals surface area contributed by atoms with Crippen LogP contribution in [0.2, 0.25) is 0 Å². The van der Waals surface area contributed by atoms with Crippen LogP contribution in [0.1, 0.15) is 48.5 Å². The van der Waals surface area contributed by atoms with Gasteiger partial charge in [0.1, 0.15) is 17.8 Å². The highest BCUT2D eigenvalue weighted by Gasteiger charge is 2.29. The van der Waals surface area contributed by atoms with Gasteiger partial charge in [0, 0.05) is 17.0 Å². The Bertz CT molecular complexity index is 561. The Hall–Kier alpha value is -2.03. The lowest BCUT2D eigenvalue weighted by atomic mass is 9.74. The summed E-state index contributed by atoms with van der Waals surface area (Å²) in [5.41, 5.74) is 3.04. The van der Waals surface area contributed by atoms with Crippen molar-refractivity contribution in [2.45, 2.75) is 32.6 Å². The first-order chi connectivity index (χ1) is 9.43. The molecule has 1 aromatic carbocycles. The van der Waals surface area contributed by atoms with Crippen LogP contribution in [0.15, 0.2) is 35.9 Å². The van der Waals surface area contributed by atoms with Crippen molar-refractivity contribution in [1.82, 2.24) is 0 Å². The minimum atomic E-state index is -0.0954. The van der Waals surface area contributed by atoms with Crippen molar-refractivity contribution in [3.8, 4) is 11.5 Å². The predicted molar refractivity (Wildman–Crippen MR) is 79.2 cm³/mol. The molecule has 2 N–H and O–H groups in total. The number of phenols is 2. The van der Waals surface area contributed by atoms with Crippen LogP contribution in [0.25, 0.3) is 0 Å². The molecule has 0 fully saturated rings. The van der Waals surface area contributed by atoms with Gasteiger partial charge < -0.3 is 10.2 Å². The zero-order valence-electron chi connectivity index (χ0n) is 11.9. The molecule has 0 bridgehead atoms. The average Bonchev–Trinajstić information content (AvgIpc) is 2.37. The van der Waals surface area contributed by atoms with Gasteiger partial charge >= 0.3 is 0 Å². The molecule has 0 saturated heterocycles. The van der Waals surface area contributed by atoms with E-state index in [4.69, 9.17) is 0 Å². The summed E-state index contributed by atoms with van der Waals surface area (Å²) < 4.78 is 0. The van der Waals surface area contributed by atoms with Crippen molar-refractivity contribution in [3.63, 3.8) is 0 Å². The Morgan fingerprint density at radius 2 is 1.95 bits per heavy atom. The molecule has 0 radical (unpaired) electrons. The molecule has 0 spiro atoms. The monoisotopic (exact) mass is 272 g/mol. The van der Waals surface area contributed by atoms with E-state index in [9.17, 15) is 15.0 Å². The van der Waals surface area contributed by atoms with E-state index in [2.05, 4.69) is 19.6 Å². The quantitative estimate of drug-likeness (QED) is 0.647. The normalized spacial score (nSPS) is 22.2. The van der Waals surface area contributed by atoms with E-state index in [0.717, 1.165) is 18.4 Å². The van der Waals surface area contributed by atoms with Gasteiger partial charge in [-0.05, 0) is 44.7 Å². The van der Waals surface area contributed by atoms with Gasteiger partial charge in [-0.3, -0.25) is 4.79 Å². The number of rotatable bonds is 3. The summed E-state index contributed by atoms with van der Waals surface area (Å²) >= 11 is 0. The van der Waals surface area contributed by atoms with Gasteiger partial charge in [-0.25, -0.2) is 0 Å². The Balaban J connectivity index is 2.55. The summed E-state index contributed by atoms with van der Waals surface area (Å²) in [6, 6.07) is 2.80. The molecular weight excluding hydrogens is 252 g/mol. The number of phenolic OH excluding ortho intramolecular Hbond substituents is 2. The van der Waals surface area contributed by atoms with E-state index in [1.165, 1.54) is 17.7 Å². The fraction of sp³-hybridized carbons (Fsp3) is 0.353. The highest BCUT2D eigenvalue weighted by Crippen LogP contribution is 2.46. The first-order valence-electron chi connectivity index (χ1n) is 6.77. The lowest BCUT2D eigenvalue weighted by molar-refractivity contribution is 0.112. The maximum absolute atomic E-state index is 10.8. The smallest absolute Gasteiger partial charge is 0.150 e. The lowest BCUT2D eigenvalue weighted by Crippen LogP contribution is -2.17. The van der Waals surface area contributed by atoms with E-state index in [1.54, 1.807) is 0 Å². The zero-order chi connectivity index (χ0) is 14.9. The molecule has 20 heavy (non-hydrogen) atoms. The molecule has 3 heteroatoms. The molecule has 3 nitrogen and oxygen atoms in total. The third kappa shape index (κ3) is 2.62. The standard InChI is InChI=1S/C17H20O3/c1-10(2)13-5-4-11(3)6-14(13)17-15(19)7-12(9-18)8-16(17)20/h6-9,13-14,19-20H,1,4-5H2,2-3H3/t13-,14+/m0/s1. The zero-order valence-corrected chi connectivity index (χ0v) is 11.9. The fourth-order valence-corrected chi connectivity index (χ4v) is 2.96. The van der Waals surface area contributed by atoms with E-state index < -0.39 is 0 Å². The third-order valence-electron chi connectivity index (χ3n) is 4.01. The molecule has 1 aliphatic carbocycles. The minimum Gasteiger partial charge on any atom is -0.507 e. The first-order valence-corrected chi connectivity index (χ1v) is 6.77. The molecule has 1 aliphatic rings. The second-order valence-corrected chi connectivity index (χ2v) is 5.62. The van der Waals surface area contributed by atoms with Gasteiger partial charge in [-0.1, -0.05) is 23.8 Å². The Morgan fingerprint density at radius 3 is 2.45 bits per heavy atom. The molecule has 0 aliphatic heterocycles. The first kappa shape index (κ1) is 14.4. The number of carbonyl (C=O) groups is 1. The molecular formula is C17H20O3. The summed E-state index contributed by atoms with van der Waals surface area (Å²) in [6.45, 7) is 8.05. The van der Waals surface area contributed by atoms with Gasteiger partial charge in [0.25, 0.3) is 0 Å². The number of carbonyl (C=O) groups excluding carboxylic acids is 1. The van der Waals surface area contributed by atoms with Crippen molar-refractivity contribution in [1.29, 1.82) is 0 Å². The molecule has 0 unspecified atom stereocenters. The van der Waals surface area contributed by atoms with Gasteiger partial charge in [0.05, 0.1) is 0 Å². The van der Waals surface area contributed by atoms with Gasteiger partial charge in [0.2, 0.25) is 0 Å². The van der Waals surface area contributed by atoms with E-state index >= 15 is 0 Å². The number of benzene rings is 1. The predicted octanol–water partition coefficient (Wildman–Crippen LogP) is 3.93. The Morgan fingerprint density at radius 1 is 1.35 bits per heavy atom. The minimum absolute atomic E-state index is 0.0331. The molecule has 1 aromatic rings. The van der Waals surface area contributed by atoms with E-state index in [0.29, 0.717) is 11.8 Å². The van der Waals surface area contributed by atoms with Crippen LogP contribution in [-0.2, 0) is 0 Å². The summed E-state index contributed by atoms with van der Waals surface area (Å²) in [4.78, 5) is 10.8. The number of hydrogen-bond donors (Lipinski definition) is 2. The van der Waals surface area contributed by atoms with Crippen LogP contribution in [0.3, 0.4) is 0 Å². The lowest BCUT2D eigenvalue weighted by Gasteiger charge is -2.31. The van der Waals surface area contributed by atoms with Crippen LogP contribution < -0.4 is 0 Å². The average molecular weight is 272 g/mol. The second kappa shape index (κ2) is 5.53. The number of hydrogen-bond acceptors (Lipinski definition) is 3. The highest BCUT2D eigenvalue weighted by molar-refractivity contribution is 5.77. The highest BCUT2D eigenvalue weighted by atomic mass is 16.3. The van der Waals surface area contributed by atoms with Crippen LogP contribution in [0.5, 0.6) is 11.5 Å². The second-order valence-electron chi connectivity index (χ2n) is 5.62. The number of aromatic hydroxyl groups is 2. The van der Waals surface area contributed by atoms with Crippen LogP contribution >= 0.6 is 0 Å².